The average Bonchev–Trinajstić information content (AvgIpc) is 3.06. The third-order valence-corrected chi connectivity index (χ3v) is 4.70. The topological polar surface area (TPSA) is 65.7 Å². The fourth-order valence-corrected chi connectivity index (χ4v) is 3.28. The molecule has 0 unspecified atom stereocenters. The number of ether oxygens (including phenoxy) is 1. The summed E-state index contributed by atoms with van der Waals surface area (Å²) >= 11 is 1.16. The molecule has 0 bridgehead atoms. The number of aromatic nitrogens is 5. The van der Waals surface area contributed by atoms with Gasteiger partial charge in [0.2, 0.25) is 0 Å². The minimum atomic E-state index is -0.397. The molecule has 25 heavy (non-hydrogen) atoms. The average molecular weight is 359 g/mol. The van der Waals surface area contributed by atoms with Crippen molar-refractivity contribution in [2.75, 3.05) is 7.11 Å². The number of hydrogen-bond acceptors (Lipinski definition) is 6. The second kappa shape index (κ2) is 7.60. The molecule has 0 fully saturated rings. The zero-order chi connectivity index (χ0) is 17.8. The normalized spacial score (nSPS) is 10.9. The zero-order valence-corrected chi connectivity index (χ0v) is 15.0. The van der Waals surface area contributed by atoms with Crippen LogP contribution >= 0.6 is 11.8 Å². The van der Waals surface area contributed by atoms with Gasteiger partial charge in [-0.15, -0.1) is 10.2 Å². The van der Waals surface area contributed by atoms with Crippen molar-refractivity contribution in [2.45, 2.75) is 37.0 Å². The summed E-state index contributed by atoms with van der Waals surface area (Å²) < 4.78 is 21.5. The van der Waals surface area contributed by atoms with Crippen LogP contribution in [0.3, 0.4) is 0 Å². The summed E-state index contributed by atoms with van der Waals surface area (Å²) in [7, 11) is 1.62. The molecule has 6 nitrogen and oxygen atoms in total. The van der Waals surface area contributed by atoms with Gasteiger partial charge in [0.1, 0.15) is 17.1 Å². The number of rotatable bonds is 6. The summed E-state index contributed by atoms with van der Waals surface area (Å²) in [4.78, 5) is 8.00. The first-order chi connectivity index (χ1) is 12.2. The van der Waals surface area contributed by atoms with Gasteiger partial charge in [0, 0.05) is 12.1 Å². The quantitative estimate of drug-likeness (QED) is 0.626. The van der Waals surface area contributed by atoms with Crippen LogP contribution in [0.4, 0.5) is 4.39 Å². The van der Waals surface area contributed by atoms with Crippen LogP contribution in [0.25, 0.3) is 11.4 Å². The second-order valence-corrected chi connectivity index (χ2v) is 6.13. The van der Waals surface area contributed by atoms with E-state index in [1.807, 2.05) is 42.7 Å². The molecule has 0 atom stereocenters. The monoisotopic (exact) mass is 359 g/mol. The second-order valence-electron chi connectivity index (χ2n) is 5.17. The van der Waals surface area contributed by atoms with E-state index in [1.54, 1.807) is 7.11 Å². The van der Waals surface area contributed by atoms with Gasteiger partial charge in [-0.05, 0) is 49.4 Å². The van der Waals surface area contributed by atoms with Gasteiger partial charge in [-0.1, -0.05) is 6.92 Å². The first kappa shape index (κ1) is 17.3. The highest BCUT2D eigenvalue weighted by molar-refractivity contribution is 7.99. The summed E-state index contributed by atoms with van der Waals surface area (Å²) in [6.07, 6.45) is 1.89. The Kier molecular flexibility index (Phi) is 5.28. The Morgan fingerprint density at radius 1 is 1.12 bits per heavy atom. The van der Waals surface area contributed by atoms with Gasteiger partial charge >= 0.3 is 0 Å². The largest absolute Gasteiger partial charge is 0.497 e. The van der Waals surface area contributed by atoms with Crippen molar-refractivity contribution >= 4 is 11.8 Å². The van der Waals surface area contributed by atoms with Gasteiger partial charge in [0.15, 0.2) is 16.8 Å². The van der Waals surface area contributed by atoms with E-state index in [-0.39, 0.29) is 5.03 Å². The van der Waals surface area contributed by atoms with E-state index in [9.17, 15) is 4.39 Å². The lowest BCUT2D eigenvalue weighted by Crippen LogP contribution is -2.02. The molecule has 0 spiro atoms. The molecule has 2 heterocycles. The smallest absolute Gasteiger partial charge is 0.197 e. The van der Waals surface area contributed by atoms with Crippen molar-refractivity contribution < 1.29 is 9.13 Å². The molecule has 0 aliphatic rings. The lowest BCUT2D eigenvalue weighted by molar-refractivity contribution is 0.415. The van der Waals surface area contributed by atoms with Crippen LogP contribution in [-0.4, -0.2) is 31.8 Å². The number of hydrogen-bond donors (Lipinski definition) is 0. The molecule has 3 rings (SSSR count). The Labute approximate surface area is 149 Å². The lowest BCUT2D eigenvalue weighted by atomic mass is 10.2. The molecule has 0 N–H and O–H groups in total. The van der Waals surface area contributed by atoms with E-state index in [4.69, 9.17) is 4.74 Å². The number of halogens is 1. The third-order valence-electron chi connectivity index (χ3n) is 3.73. The fraction of sp³-hybridized carbons (Fsp3) is 0.294. The van der Waals surface area contributed by atoms with Crippen molar-refractivity contribution in [3.63, 3.8) is 0 Å². The third kappa shape index (κ3) is 3.48. The highest BCUT2D eigenvalue weighted by Crippen LogP contribution is 2.31. The number of benzene rings is 1. The number of nitrogens with zero attached hydrogens (tertiary/aromatic N) is 5. The predicted octanol–water partition coefficient (Wildman–Crippen LogP) is 3.62. The van der Waals surface area contributed by atoms with Crippen molar-refractivity contribution in [2.24, 2.45) is 0 Å². The molecule has 2 aromatic heterocycles. The van der Waals surface area contributed by atoms with Crippen molar-refractivity contribution in [3.05, 3.63) is 42.1 Å². The van der Waals surface area contributed by atoms with E-state index >= 15 is 0 Å². The van der Waals surface area contributed by atoms with Gasteiger partial charge in [-0.25, -0.2) is 14.4 Å². The molecule has 130 valence electrons. The van der Waals surface area contributed by atoms with Crippen molar-refractivity contribution in [1.29, 1.82) is 0 Å². The van der Waals surface area contributed by atoms with Crippen LogP contribution in [0.1, 0.15) is 19.5 Å². The standard InChI is InChI=1S/C17H18FN5OS/c1-4-13-14(18)16(20-10-19-13)25-17-22-21-15(23(17)5-2)11-6-8-12(24-3)9-7-11/h6-10H,4-5H2,1-3H3. The molecule has 0 aliphatic carbocycles. The fourth-order valence-electron chi connectivity index (χ4n) is 2.39. The van der Waals surface area contributed by atoms with E-state index in [0.717, 1.165) is 28.9 Å². The Hall–Kier alpha value is -2.48. The molecule has 0 radical (unpaired) electrons. The van der Waals surface area contributed by atoms with Crippen LogP contribution < -0.4 is 4.74 Å². The summed E-state index contributed by atoms with van der Waals surface area (Å²) in [5.74, 6) is 1.10. The minimum absolute atomic E-state index is 0.259. The molecular weight excluding hydrogens is 341 g/mol. The van der Waals surface area contributed by atoms with E-state index in [2.05, 4.69) is 20.2 Å². The Bertz CT molecular complexity index is 866. The van der Waals surface area contributed by atoms with Gasteiger partial charge in [-0.3, -0.25) is 0 Å². The van der Waals surface area contributed by atoms with Crippen LogP contribution in [0, 0.1) is 5.82 Å². The maximum Gasteiger partial charge on any atom is 0.197 e. The van der Waals surface area contributed by atoms with Crippen LogP contribution in [-0.2, 0) is 13.0 Å². The zero-order valence-electron chi connectivity index (χ0n) is 14.2. The minimum Gasteiger partial charge on any atom is -0.497 e. The van der Waals surface area contributed by atoms with E-state index in [1.165, 1.54) is 6.33 Å². The Balaban J connectivity index is 1.95. The SMILES string of the molecule is CCc1ncnc(Sc2nnc(-c3ccc(OC)cc3)n2CC)c1F. The molecule has 8 heteroatoms. The number of methoxy groups -OCH3 is 1. The first-order valence-electron chi connectivity index (χ1n) is 7.92. The van der Waals surface area contributed by atoms with Gasteiger partial charge in [0.25, 0.3) is 0 Å². The molecule has 0 saturated heterocycles. The molecule has 0 saturated carbocycles. The highest BCUT2D eigenvalue weighted by Gasteiger charge is 2.18. The Morgan fingerprint density at radius 3 is 2.52 bits per heavy atom. The van der Waals surface area contributed by atoms with Crippen molar-refractivity contribution in [1.82, 2.24) is 24.7 Å². The Morgan fingerprint density at radius 2 is 1.88 bits per heavy atom. The van der Waals surface area contributed by atoms with E-state index in [0.29, 0.717) is 23.8 Å². The first-order valence-corrected chi connectivity index (χ1v) is 8.74. The molecule has 1 aromatic carbocycles. The predicted molar refractivity (Wildman–Crippen MR) is 93.2 cm³/mol. The maximum atomic E-state index is 14.4. The molecular formula is C17H18FN5OS. The molecule has 3 aromatic rings. The van der Waals surface area contributed by atoms with Crippen LogP contribution in [0.5, 0.6) is 5.75 Å². The van der Waals surface area contributed by atoms with Gasteiger partial charge < -0.3 is 9.30 Å². The number of aryl methyl sites for hydroxylation is 1. The highest BCUT2D eigenvalue weighted by atomic mass is 32.2. The summed E-state index contributed by atoms with van der Waals surface area (Å²) in [6.45, 7) is 4.51. The molecule has 0 aliphatic heterocycles. The summed E-state index contributed by atoms with van der Waals surface area (Å²) in [5, 5.41) is 9.33. The lowest BCUT2D eigenvalue weighted by Gasteiger charge is -2.08. The van der Waals surface area contributed by atoms with Crippen molar-refractivity contribution in [3.8, 4) is 17.1 Å². The van der Waals surface area contributed by atoms with Crippen LogP contribution in [0.2, 0.25) is 0 Å². The van der Waals surface area contributed by atoms with Crippen LogP contribution in [0.15, 0.2) is 40.8 Å². The van der Waals surface area contributed by atoms with E-state index < -0.39 is 5.82 Å². The molecule has 0 amide bonds. The van der Waals surface area contributed by atoms with Gasteiger partial charge in [-0.2, -0.15) is 0 Å². The van der Waals surface area contributed by atoms with Gasteiger partial charge in [0.05, 0.1) is 12.8 Å². The summed E-state index contributed by atoms with van der Waals surface area (Å²) in [6, 6.07) is 7.58. The maximum absolute atomic E-state index is 14.4. The summed E-state index contributed by atoms with van der Waals surface area (Å²) in [5.41, 5.74) is 1.31.